The zero-order chi connectivity index (χ0) is 25.1. The molecular weight excluding hydrogens is 454 g/mol. The van der Waals surface area contributed by atoms with Crippen LogP contribution in [0, 0.1) is 0 Å². The van der Waals surface area contributed by atoms with Crippen molar-refractivity contribution in [3.8, 4) is 16.9 Å². The first-order valence-corrected chi connectivity index (χ1v) is 12.9. The number of hydrogen-bond acceptors (Lipinski definition) is 5. The molecule has 0 aliphatic carbocycles. The van der Waals surface area contributed by atoms with Crippen LogP contribution in [-0.4, -0.2) is 67.1 Å². The Morgan fingerprint density at radius 2 is 1.88 bits per heavy atom. The summed E-state index contributed by atoms with van der Waals surface area (Å²) in [5, 5.41) is 10.3. The van der Waals surface area contributed by atoms with Crippen LogP contribution >= 0.6 is 0 Å². The molecule has 0 saturated carbocycles. The minimum atomic E-state index is -3.69. The van der Waals surface area contributed by atoms with Gasteiger partial charge in [-0.25, -0.2) is 4.79 Å². The third kappa shape index (κ3) is 6.49. The van der Waals surface area contributed by atoms with E-state index in [0.717, 1.165) is 15.4 Å². The summed E-state index contributed by atoms with van der Waals surface area (Å²) < 4.78 is 34.8. The number of hydrogen-bond donors (Lipinski definition) is 2. The number of rotatable bonds is 6. The maximum Gasteiger partial charge on any atom is 0.410 e. The Hall–Kier alpha value is -2.62. The number of nitrogens with one attached hydrogen (secondary N) is 1. The lowest BCUT2D eigenvalue weighted by molar-refractivity contribution is 0.00584. The Morgan fingerprint density at radius 3 is 2.53 bits per heavy atom. The highest BCUT2D eigenvalue weighted by Gasteiger charge is 2.38. The number of benzene rings is 2. The SMILES string of the molecule is CN(C)S(=O)(=O)NC1CCCN(C(=O)OC(C)(C)C)C1Cc1cccc(-c2ccccc2O)c1. The van der Waals surface area contributed by atoms with Crippen LogP contribution in [-0.2, 0) is 21.4 Å². The van der Waals surface area contributed by atoms with Gasteiger partial charge in [0.1, 0.15) is 11.4 Å². The number of piperidine rings is 1. The fraction of sp³-hybridized carbons (Fsp3) is 0.480. The summed E-state index contributed by atoms with van der Waals surface area (Å²) in [6.07, 6.45) is 1.24. The summed E-state index contributed by atoms with van der Waals surface area (Å²) in [6.45, 7) is 5.92. The van der Waals surface area contributed by atoms with Gasteiger partial charge in [-0.2, -0.15) is 17.4 Å². The van der Waals surface area contributed by atoms with Gasteiger partial charge in [0.15, 0.2) is 0 Å². The van der Waals surface area contributed by atoms with Gasteiger partial charge in [0.2, 0.25) is 0 Å². The third-order valence-electron chi connectivity index (χ3n) is 5.77. The number of aromatic hydroxyl groups is 1. The number of phenols is 1. The minimum Gasteiger partial charge on any atom is -0.507 e. The molecule has 186 valence electrons. The molecule has 2 unspecified atom stereocenters. The van der Waals surface area contributed by atoms with E-state index in [4.69, 9.17) is 4.74 Å². The summed E-state index contributed by atoms with van der Waals surface area (Å²) in [4.78, 5) is 14.7. The second kappa shape index (κ2) is 10.3. The minimum absolute atomic E-state index is 0.185. The van der Waals surface area contributed by atoms with Gasteiger partial charge in [0, 0.05) is 32.2 Å². The predicted molar refractivity (Wildman–Crippen MR) is 133 cm³/mol. The number of phenolic OH excluding ortho intramolecular Hbond substituents is 1. The van der Waals surface area contributed by atoms with E-state index in [0.29, 0.717) is 31.4 Å². The van der Waals surface area contributed by atoms with Crippen LogP contribution in [0.1, 0.15) is 39.2 Å². The average molecular weight is 490 g/mol. The molecule has 9 heteroatoms. The molecule has 1 aliphatic rings. The normalized spacial score (nSPS) is 19.3. The molecule has 0 bridgehead atoms. The average Bonchev–Trinajstić information content (AvgIpc) is 2.74. The highest BCUT2D eigenvalue weighted by molar-refractivity contribution is 7.87. The smallest absolute Gasteiger partial charge is 0.410 e. The van der Waals surface area contributed by atoms with Gasteiger partial charge in [-0.1, -0.05) is 42.5 Å². The maximum absolute atomic E-state index is 13.1. The monoisotopic (exact) mass is 489 g/mol. The second-order valence-corrected chi connectivity index (χ2v) is 11.7. The van der Waals surface area contributed by atoms with Gasteiger partial charge in [-0.3, -0.25) is 0 Å². The lowest BCUT2D eigenvalue weighted by Gasteiger charge is -2.42. The first-order valence-electron chi connectivity index (χ1n) is 11.4. The Kier molecular flexibility index (Phi) is 7.90. The predicted octanol–water partition coefficient (Wildman–Crippen LogP) is 3.77. The van der Waals surface area contributed by atoms with E-state index in [1.807, 2.05) is 57.2 Å². The third-order valence-corrected chi connectivity index (χ3v) is 7.34. The van der Waals surface area contributed by atoms with Crippen molar-refractivity contribution in [2.24, 2.45) is 0 Å². The quantitative estimate of drug-likeness (QED) is 0.644. The lowest BCUT2D eigenvalue weighted by Crippen LogP contribution is -2.59. The fourth-order valence-corrected chi connectivity index (χ4v) is 4.98. The largest absolute Gasteiger partial charge is 0.507 e. The van der Waals surface area contributed by atoms with Crippen molar-refractivity contribution in [2.75, 3.05) is 20.6 Å². The molecule has 2 aromatic rings. The first-order chi connectivity index (χ1) is 15.9. The van der Waals surface area contributed by atoms with E-state index in [2.05, 4.69) is 4.72 Å². The molecule has 1 aliphatic heterocycles. The van der Waals surface area contributed by atoms with Crippen LogP contribution in [0.15, 0.2) is 48.5 Å². The fourth-order valence-electron chi connectivity index (χ4n) is 4.12. The summed E-state index contributed by atoms with van der Waals surface area (Å²) in [7, 11) is -0.745. The van der Waals surface area contributed by atoms with Crippen LogP contribution in [0.25, 0.3) is 11.1 Å². The summed E-state index contributed by atoms with van der Waals surface area (Å²) in [5.74, 6) is 0.185. The number of likely N-dealkylation sites (tertiary alicyclic amines) is 1. The van der Waals surface area contributed by atoms with Crippen molar-refractivity contribution < 1.29 is 23.1 Å². The van der Waals surface area contributed by atoms with Crippen molar-refractivity contribution in [2.45, 2.75) is 57.7 Å². The number of carbonyl (C=O) groups excluding carboxylic acids is 1. The Balaban J connectivity index is 1.95. The van der Waals surface area contributed by atoms with Gasteiger partial charge < -0.3 is 14.7 Å². The Morgan fingerprint density at radius 1 is 1.18 bits per heavy atom. The van der Waals surface area contributed by atoms with Crippen molar-refractivity contribution in [1.82, 2.24) is 13.9 Å². The lowest BCUT2D eigenvalue weighted by atomic mass is 9.90. The van der Waals surface area contributed by atoms with Gasteiger partial charge in [0.05, 0.1) is 6.04 Å². The van der Waals surface area contributed by atoms with Crippen molar-refractivity contribution in [3.05, 3.63) is 54.1 Å². The highest BCUT2D eigenvalue weighted by atomic mass is 32.2. The molecular formula is C25H35N3O5S. The molecule has 2 N–H and O–H groups in total. The molecule has 2 atom stereocenters. The van der Waals surface area contributed by atoms with Gasteiger partial charge in [-0.15, -0.1) is 0 Å². The number of nitrogens with zero attached hydrogens (tertiary/aromatic N) is 2. The van der Waals surface area contributed by atoms with Crippen LogP contribution in [0.4, 0.5) is 4.79 Å². The number of ether oxygens (including phenoxy) is 1. The van der Waals surface area contributed by atoms with Crippen LogP contribution in [0.5, 0.6) is 5.75 Å². The topological polar surface area (TPSA) is 99.2 Å². The molecule has 8 nitrogen and oxygen atoms in total. The standard InChI is InChI=1S/C25H35N3O5S/c1-25(2,3)33-24(30)28-15-9-13-21(26-34(31,32)27(4)5)22(28)17-18-10-8-11-19(16-18)20-12-6-7-14-23(20)29/h6-8,10-12,14,16,21-22,26,29H,9,13,15,17H2,1-5H3. The molecule has 1 saturated heterocycles. The zero-order valence-electron chi connectivity index (χ0n) is 20.5. The van der Waals surface area contributed by atoms with Gasteiger partial charge >= 0.3 is 6.09 Å². The molecule has 34 heavy (non-hydrogen) atoms. The Bertz CT molecular complexity index is 1110. The number of carbonyl (C=O) groups is 1. The summed E-state index contributed by atoms with van der Waals surface area (Å²) >= 11 is 0. The second-order valence-electron chi connectivity index (χ2n) is 9.82. The molecule has 3 rings (SSSR count). The zero-order valence-corrected chi connectivity index (χ0v) is 21.3. The van der Waals surface area contributed by atoms with Crippen molar-refractivity contribution in [3.63, 3.8) is 0 Å². The van der Waals surface area contributed by atoms with Crippen LogP contribution < -0.4 is 4.72 Å². The first kappa shape index (κ1) is 26.0. The summed E-state index contributed by atoms with van der Waals surface area (Å²) in [5.41, 5.74) is 1.82. The van der Waals surface area contributed by atoms with Gasteiger partial charge in [0.25, 0.3) is 10.2 Å². The molecule has 0 radical (unpaired) electrons. The Labute approximate surface area is 202 Å². The van der Waals surface area contributed by atoms with E-state index in [1.165, 1.54) is 14.1 Å². The molecule has 1 fully saturated rings. The molecule has 0 spiro atoms. The summed E-state index contributed by atoms with van der Waals surface area (Å²) in [6, 6.07) is 13.9. The van der Waals surface area contributed by atoms with E-state index in [1.54, 1.807) is 17.0 Å². The van der Waals surface area contributed by atoms with E-state index < -0.39 is 34.0 Å². The number of para-hydroxylation sites is 1. The van der Waals surface area contributed by atoms with Crippen LogP contribution in [0.2, 0.25) is 0 Å². The van der Waals surface area contributed by atoms with Crippen LogP contribution in [0.3, 0.4) is 0 Å². The number of amides is 1. The van der Waals surface area contributed by atoms with Crippen molar-refractivity contribution in [1.29, 1.82) is 0 Å². The molecule has 1 amide bonds. The van der Waals surface area contributed by atoms with E-state index in [-0.39, 0.29) is 5.75 Å². The maximum atomic E-state index is 13.1. The van der Waals surface area contributed by atoms with Gasteiger partial charge in [-0.05, 0) is 57.2 Å². The van der Waals surface area contributed by atoms with E-state index >= 15 is 0 Å². The van der Waals surface area contributed by atoms with Crippen molar-refractivity contribution >= 4 is 16.3 Å². The molecule has 0 aromatic heterocycles. The molecule has 1 heterocycles. The molecule has 2 aromatic carbocycles. The highest BCUT2D eigenvalue weighted by Crippen LogP contribution is 2.31. The van der Waals surface area contributed by atoms with E-state index in [9.17, 15) is 18.3 Å².